The summed E-state index contributed by atoms with van der Waals surface area (Å²) in [6, 6.07) is 0. The molecule has 0 radical (unpaired) electrons. The Balaban J connectivity index is 3.95. The van der Waals surface area contributed by atoms with Crippen molar-refractivity contribution in [2.75, 3.05) is 0 Å². The van der Waals surface area contributed by atoms with Gasteiger partial charge in [-0.1, -0.05) is 34.6 Å². The van der Waals surface area contributed by atoms with E-state index in [4.69, 9.17) is 0 Å². The molecule has 1 nitrogen and oxygen atoms in total. The minimum absolute atomic E-state index is 0.122. The summed E-state index contributed by atoms with van der Waals surface area (Å²) in [6.07, 6.45) is 2.17. The zero-order valence-corrected chi connectivity index (χ0v) is 9.98. The number of carbonyl (C=O) groups excluding carboxylic acids is 1. The minimum Gasteiger partial charge on any atom is -0.299 e. The van der Waals surface area contributed by atoms with Gasteiger partial charge in [0, 0.05) is 5.41 Å². The number of hydrogen-bond donors (Lipinski definition) is 0. The fourth-order valence-corrected chi connectivity index (χ4v) is 1.10. The van der Waals surface area contributed by atoms with E-state index in [1.165, 1.54) is 0 Å². The summed E-state index contributed by atoms with van der Waals surface area (Å²) in [4.78, 5) is 11.2. The van der Waals surface area contributed by atoms with Gasteiger partial charge in [0.1, 0.15) is 5.78 Å². The molecular weight excluding hydrogens is 160 g/mol. The standard InChI is InChI=1S/C12H24O/c1-9(2)10(3)7-8-12(5,6)11(4)13/h9-10H,7-8H2,1-6H3. The van der Waals surface area contributed by atoms with Crippen molar-refractivity contribution in [3.63, 3.8) is 0 Å². The average Bonchev–Trinajstić information content (AvgIpc) is 1.99. The second kappa shape index (κ2) is 4.78. The Morgan fingerprint density at radius 3 is 2.00 bits per heavy atom. The molecule has 0 aliphatic heterocycles. The molecule has 0 aromatic heterocycles. The normalized spacial score (nSPS) is 14.7. The fourth-order valence-electron chi connectivity index (χ4n) is 1.10. The van der Waals surface area contributed by atoms with Crippen LogP contribution in [0.1, 0.15) is 54.4 Å². The molecule has 78 valence electrons. The van der Waals surface area contributed by atoms with Crippen LogP contribution in [0.25, 0.3) is 0 Å². The minimum atomic E-state index is -0.122. The molecule has 0 aromatic carbocycles. The first-order chi connectivity index (χ1) is 5.77. The van der Waals surface area contributed by atoms with Crippen LogP contribution in [0.3, 0.4) is 0 Å². The van der Waals surface area contributed by atoms with E-state index in [0.29, 0.717) is 5.78 Å². The number of hydrogen-bond acceptors (Lipinski definition) is 1. The monoisotopic (exact) mass is 184 g/mol. The van der Waals surface area contributed by atoms with Crippen molar-refractivity contribution < 1.29 is 4.79 Å². The van der Waals surface area contributed by atoms with Crippen LogP contribution in [0, 0.1) is 17.3 Å². The summed E-state index contributed by atoms with van der Waals surface area (Å²) >= 11 is 0. The molecule has 0 fully saturated rings. The van der Waals surface area contributed by atoms with Crippen molar-refractivity contribution in [2.24, 2.45) is 17.3 Å². The second-order valence-corrected chi connectivity index (χ2v) is 5.20. The summed E-state index contributed by atoms with van der Waals surface area (Å²) in [7, 11) is 0. The van der Waals surface area contributed by atoms with E-state index in [9.17, 15) is 4.79 Å². The maximum atomic E-state index is 11.2. The Hall–Kier alpha value is -0.330. The zero-order valence-electron chi connectivity index (χ0n) is 9.98. The van der Waals surface area contributed by atoms with Gasteiger partial charge in [0.25, 0.3) is 0 Å². The Bertz CT molecular complexity index is 168. The van der Waals surface area contributed by atoms with Gasteiger partial charge >= 0.3 is 0 Å². The Morgan fingerprint density at radius 2 is 1.69 bits per heavy atom. The molecule has 1 atom stereocenters. The summed E-state index contributed by atoms with van der Waals surface area (Å²) in [6.45, 7) is 12.5. The molecule has 0 bridgehead atoms. The lowest BCUT2D eigenvalue weighted by Crippen LogP contribution is -2.22. The van der Waals surface area contributed by atoms with Gasteiger partial charge in [-0.2, -0.15) is 0 Å². The van der Waals surface area contributed by atoms with E-state index < -0.39 is 0 Å². The van der Waals surface area contributed by atoms with Crippen LogP contribution >= 0.6 is 0 Å². The highest BCUT2D eigenvalue weighted by Crippen LogP contribution is 2.27. The van der Waals surface area contributed by atoms with Crippen molar-refractivity contribution in [3.05, 3.63) is 0 Å². The Morgan fingerprint density at radius 1 is 1.23 bits per heavy atom. The topological polar surface area (TPSA) is 17.1 Å². The summed E-state index contributed by atoms with van der Waals surface area (Å²) in [5, 5.41) is 0. The van der Waals surface area contributed by atoms with Crippen molar-refractivity contribution in [3.8, 4) is 0 Å². The molecule has 0 aromatic rings. The molecule has 0 heterocycles. The van der Waals surface area contributed by atoms with Gasteiger partial charge in [-0.05, 0) is 31.6 Å². The highest BCUT2D eigenvalue weighted by Gasteiger charge is 2.24. The molecule has 0 aliphatic rings. The predicted molar refractivity (Wildman–Crippen MR) is 57.7 cm³/mol. The van der Waals surface area contributed by atoms with Crippen molar-refractivity contribution in [1.82, 2.24) is 0 Å². The van der Waals surface area contributed by atoms with Crippen molar-refractivity contribution >= 4 is 5.78 Å². The van der Waals surface area contributed by atoms with Crippen molar-refractivity contribution in [1.29, 1.82) is 0 Å². The molecular formula is C12H24O. The maximum Gasteiger partial charge on any atom is 0.135 e. The van der Waals surface area contributed by atoms with Crippen molar-refractivity contribution in [2.45, 2.75) is 54.4 Å². The van der Waals surface area contributed by atoms with Gasteiger partial charge in [0.2, 0.25) is 0 Å². The smallest absolute Gasteiger partial charge is 0.135 e. The molecule has 0 saturated carbocycles. The molecule has 1 unspecified atom stereocenters. The number of ketones is 1. The third-order valence-corrected chi connectivity index (χ3v) is 3.32. The summed E-state index contributed by atoms with van der Waals surface area (Å²) < 4.78 is 0. The first-order valence-electron chi connectivity index (χ1n) is 5.28. The number of Topliss-reactive ketones (excluding diaryl/α,β-unsaturated/α-hetero) is 1. The highest BCUT2D eigenvalue weighted by molar-refractivity contribution is 5.81. The van der Waals surface area contributed by atoms with E-state index in [1.54, 1.807) is 6.92 Å². The third kappa shape index (κ3) is 4.44. The van der Waals surface area contributed by atoms with Gasteiger partial charge < -0.3 is 0 Å². The zero-order chi connectivity index (χ0) is 10.6. The average molecular weight is 184 g/mol. The summed E-state index contributed by atoms with van der Waals surface area (Å²) in [5.41, 5.74) is -0.122. The lowest BCUT2D eigenvalue weighted by atomic mass is 9.80. The lowest BCUT2D eigenvalue weighted by molar-refractivity contribution is -0.125. The number of carbonyl (C=O) groups is 1. The first-order valence-corrected chi connectivity index (χ1v) is 5.28. The van der Waals surface area contributed by atoms with E-state index in [-0.39, 0.29) is 5.41 Å². The quantitative estimate of drug-likeness (QED) is 0.637. The molecule has 0 saturated heterocycles. The first kappa shape index (κ1) is 12.7. The van der Waals surface area contributed by atoms with E-state index >= 15 is 0 Å². The largest absolute Gasteiger partial charge is 0.299 e. The van der Waals surface area contributed by atoms with Crippen LogP contribution in [-0.4, -0.2) is 5.78 Å². The predicted octanol–water partition coefficient (Wildman–Crippen LogP) is 3.67. The van der Waals surface area contributed by atoms with Gasteiger partial charge in [-0.3, -0.25) is 4.79 Å². The SMILES string of the molecule is CC(=O)C(C)(C)CCC(C)C(C)C. The van der Waals surface area contributed by atoms with Gasteiger partial charge in [-0.25, -0.2) is 0 Å². The number of rotatable bonds is 5. The van der Waals surface area contributed by atoms with Crippen LogP contribution in [0.4, 0.5) is 0 Å². The van der Waals surface area contributed by atoms with Gasteiger partial charge in [0.15, 0.2) is 0 Å². The van der Waals surface area contributed by atoms with Gasteiger partial charge in [0.05, 0.1) is 0 Å². The fraction of sp³-hybridized carbons (Fsp3) is 0.917. The van der Waals surface area contributed by atoms with Crippen LogP contribution in [0.15, 0.2) is 0 Å². The van der Waals surface area contributed by atoms with Crippen LogP contribution < -0.4 is 0 Å². The molecule has 0 N–H and O–H groups in total. The molecule has 0 rings (SSSR count). The molecule has 0 aliphatic carbocycles. The van der Waals surface area contributed by atoms with Crippen LogP contribution in [0.2, 0.25) is 0 Å². The van der Waals surface area contributed by atoms with E-state index in [2.05, 4.69) is 20.8 Å². The molecule has 0 amide bonds. The highest BCUT2D eigenvalue weighted by atomic mass is 16.1. The molecule has 1 heteroatoms. The Kier molecular flexibility index (Phi) is 4.66. The van der Waals surface area contributed by atoms with Gasteiger partial charge in [-0.15, -0.1) is 0 Å². The van der Waals surface area contributed by atoms with E-state index in [0.717, 1.165) is 24.7 Å². The van der Waals surface area contributed by atoms with Crippen LogP contribution in [0.5, 0.6) is 0 Å². The van der Waals surface area contributed by atoms with Crippen LogP contribution in [-0.2, 0) is 4.79 Å². The lowest BCUT2D eigenvalue weighted by Gasteiger charge is -2.24. The third-order valence-electron chi connectivity index (χ3n) is 3.32. The molecule has 0 spiro atoms. The second-order valence-electron chi connectivity index (χ2n) is 5.20. The van der Waals surface area contributed by atoms with E-state index in [1.807, 2.05) is 13.8 Å². The summed E-state index contributed by atoms with van der Waals surface area (Å²) in [5.74, 6) is 1.75. The molecule has 13 heavy (non-hydrogen) atoms. The maximum absolute atomic E-state index is 11.2. The Labute approximate surface area is 82.9 Å².